The SMILES string of the molecule is CC1CCCC(N2CCC(=NO)C(C)C2)C1. The number of hydrogen-bond donors (Lipinski definition) is 1. The Hall–Kier alpha value is -0.570. The van der Waals surface area contributed by atoms with Crippen LogP contribution in [0.4, 0.5) is 0 Å². The molecule has 0 aromatic carbocycles. The molecule has 1 saturated carbocycles. The van der Waals surface area contributed by atoms with E-state index in [1.807, 2.05) is 0 Å². The van der Waals surface area contributed by atoms with Crippen LogP contribution < -0.4 is 0 Å². The fraction of sp³-hybridized carbons (Fsp3) is 0.923. The molecule has 3 nitrogen and oxygen atoms in total. The van der Waals surface area contributed by atoms with E-state index in [1.165, 1.54) is 25.7 Å². The summed E-state index contributed by atoms with van der Waals surface area (Å²) in [7, 11) is 0. The average molecular weight is 224 g/mol. The molecule has 1 heterocycles. The van der Waals surface area contributed by atoms with Gasteiger partial charge < -0.3 is 5.21 Å². The molecule has 0 bridgehead atoms. The molecule has 0 radical (unpaired) electrons. The monoisotopic (exact) mass is 224 g/mol. The maximum absolute atomic E-state index is 8.87. The molecule has 0 aromatic heterocycles. The van der Waals surface area contributed by atoms with Gasteiger partial charge in [-0.2, -0.15) is 0 Å². The molecule has 1 aliphatic carbocycles. The molecule has 0 amide bonds. The summed E-state index contributed by atoms with van der Waals surface area (Å²) in [5, 5.41) is 12.3. The lowest BCUT2D eigenvalue weighted by molar-refractivity contribution is 0.119. The Kier molecular flexibility index (Phi) is 3.85. The summed E-state index contributed by atoms with van der Waals surface area (Å²) in [6, 6.07) is 0.784. The number of nitrogens with zero attached hydrogens (tertiary/aromatic N) is 2. The first-order valence-corrected chi connectivity index (χ1v) is 6.65. The highest BCUT2D eigenvalue weighted by molar-refractivity contribution is 5.87. The first kappa shape index (κ1) is 11.9. The first-order chi connectivity index (χ1) is 7.70. The van der Waals surface area contributed by atoms with Crippen molar-refractivity contribution in [3.8, 4) is 0 Å². The standard InChI is InChI=1S/C13H24N2O/c1-10-4-3-5-12(8-10)15-7-6-13(14-16)11(2)9-15/h10-12,16H,3-9H2,1-2H3. The molecule has 2 rings (SSSR count). The van der Waals surface area contributed by atoms with E-state index in [1.54, 1.807) is 0 Å². The highest BCUT2D eigenvalue weighted by Crippen LogP contribution is 2.29. The third-order valence-corrected chi connectivity index (χ3v) is 4.29. The molecule has 2 fully saturated rings. The molecular weight excluding hydrogens is 200 g/mol. The van der Waals surface area contributed by atoms with Gasteiger partial charge in [0.05, 0.1) is 5.71 Å². The fourth-order valence-corrected chi connectivity index (χ4v) is 3.27. The van der Waals surface area contributed by atoms with Crippen molar-refractivity contribution in [1.82, 2.24) is 4.90 Å². The molecule has 16 heavy (non-hydrogen) atoms. The van der Waals surface area contributed by atoms with Crippen molar-refractivity contribution >= 4 is 5.71 Å². The molecule has 0 aromatic rings. The zero-order valence-electron chi connectivity index (χ0n) is 10.5. The minimum Gasteiger partial charge on any atom is -0.411 e. The second-order valence-electron chi connectivity index (χ2n) is 5.66. The van der Waals surface area contributed by atoms with Crippen LogP contribution >= 0.6 is 0 Å². The van der Waals surface area contributed by atoms with Crippen LogP contribution in [-0.2, 0) is 0 Å². The fourth-order valence-electron chi connectivity index (χ4n) is 3.27. The second-order valence-corrected chi connectivity index (χ2v) is 5.66. The molecule has 3 unspecified atom stereocenters. The summed E-state index contributed by atoms with van der Waals surface area (Å²) in [6.07, 6.45) is 6.46. The van der Waals surface area contributed by atoms with Crippen molar-refractivity contribution in [2.75, 3.05) is 13.1 Å². The second kappa shape index (κ2) is 5.17. The van der Waals surface area contributed by atoms with E-state index in [0.717, 1.165) is 37.2 Å². The molecule has 1 N–H and O–H groups in total. The minimum absolute atomic E-state index is 0.427. The molecule has 3 atom stereocenters. The molecule has 0 spiro atoms. The predicted octanol–water partition coefficient (Wildman–Crippen LogP) is 2.74. The van der Waals surface area contributed by atoms with Gasteiger partial charge in [0, 0.05) is 31.5 Å². The van der Waals surface area contributed by atoms with Crippen LogP contribution in [0.15, 0.2) is 5.16 Å². The lowest BCUT2D eigenvalue weighted by Gasteiger charge is -2.40. The van der Waals surface area contributed by atoms with E-state index in [0.29, 0.717) is 5.92 Å². The van der Waals surface area contributed by atoms with Crippen molar-refractivity contribution in [1.29, 1.82) is 0 Å². The summed E-state index contributed by atoms with van der Waals surface area (Å²) >= 11 is 0. The van der Waals surface area contributed by atoms with Crippen LogP contribution in [0.5, 0.6) is 0 Å². The Bertz CT molecular complexity index is 265. The molecular formula is C13H24N2O. The molecule has 3 heteroatoms. The van der Waals surface area contributed by atoms with Gasteiger partial charge in [-0.3, -0.25) is 4.90 Å². The van der Waals surface area contributed by atoms with Gasteiger partial charge in [0.15, 0.2) is 0 Å². The van der Waals surface area contributed by atoms with E-state index >= 15 is 0 Å². The van der Waals surface area contributed by atoms with Gasteiger partial charge in [0.1, 0.15) is 0 Å². The number of rotatable bonds is 1. The van der Waals surface area contributed by atoms with Gasteiger partial charge >= 0.3 is 0 Å². The van der Waals surface area contributed by atoms with Crippen LogP contribution in [0.2, 0.25) is 0 Å². The van der Waals surface area contributed by atoms with E-state index in [4.69, 9.17) is 5.21 Å². The Labute approximate surface area is 98.5 Å². The summed E-state index contributed by atoms with van der Waals surface area (Å²) in [6.45, 7) is 6.71. The molecule has 92 valence electrons. The lowest BCUT2D eigenvalue weighted by atomic mass is 9.84. The zero-order valence-corrected chi connectivity index (χ0v) is 10.5. The van der Waals surface area contributed by atoms with Crippen molar-refractivity contribution in [2.45, 2.75) is 52.0 Å². The van der Waals surface area contributed by atoms with Crippen LogP contribution in [0.25, 0.3) is 0 Å². The highest BCUT2D eigenvalue weighted by atomic mass is 16.4. The Morgan fingerprint density at radius 1 is 1.31 bits per heavy atom. The van der Waals surface area contributed by atoms with Crippen LogP contribution in [0.3, 0.4) is 0 Å². The van der Waals surface area contributed by atoms with Gasteiger partial charge in [0.2, 0.25) is 0 Å². The smallest absolute Gasteiger partial charge is 0.0624 e. The summed E-state index contributed by atoms with van der Waals surface area (Å²) in [5.74, 6) is 1.32. The number of piperidine rings is 1. The van der Waals surface area contributed by atoms with E-state index < -0.39 is 0 Å². The number of oxime groups is 1. The maximum Gasteiger partial charge on any atom is 0.0624 e. The largest absolute Gasteiger partial charge is 0.411 e. The Balaban J connectivity index is 1.91. The van der Waals surface area contributed by atoms with Gasteiger partial charge in [0.25, 0.3) is 0 Å². The highest BCUT2D eigenvalue weighted by Gasteiger charge is 2.30. The normalized spacial score (nSPS) is 40.1. The zero-order chi connectivity index (χ0) is 11.5. The topological polar surface area (TPSA) is 35.8 Å². The van der Waals surface area contributed by atoms with E-state index in [9.17, 15) is 0 Å². The number of likely N-dealkylation sites (tertiary alicyclic amines) is 1. The van der Waals surface area contributed by atoms with Gasteiger partial charge in [-0.1, -0.05) is 31.8 Å². The predicted molar refractivity (Wildman–Crippen MR) is 66.0 cm³/mol. The van der Waals surface area contributed by atoms with Crippen LogP contribution in [0.1, 0.15) is 46.0 Å². The first-order valence-electron chi connectivity index (χ1n) is 6.65. The molecule has 1 saturated heterocycles. The van der Waals surface area contributed by atoms with Crippen molar-refractivity contribution in [3.63, 3.8) is 0 Å². The van der Waals surface area contributed by atoms with Crippen LogP contribution in [-0.4, -0.2) is 35.0 Å². The quantitative estimate of drug-likeness (QED) is 0.549. The lowest BCUT2D eigenvalue weighted by Crippen LogP contribution is -2.47. The minimum atomic E-state index is 0.427. The molecule has 2 aliphatic rings. The molecule has 1 aliphatic heterocycles. The third-order valence-electron chi connectivity index (χ3n) is 4.29. The Morgan fingerprint density at radius 2 is 2.12 bits per heavy atom. The summed E-state index contributed by atoms with van der Waals surface area (Å²) < 4.78 is 0. The maximum atomic E-state index is 8.87. The average Bonchev–Trinajstić information content (AvgIpc) is 2.29. The summed E-state index contributed by atoms with van der Waals surface area (Å²) in [4.78, 5) is 2.62. The summed E-state index contributed by atoms with van der Waals surface area (Å²) in [5.41, 5.74) is 0.986. The van der Waals surface area contributed by atoms with Crippen molar-refractivity contribution in [3.05, 3.63) is 0 Å². The Morgan fingerprint density at radius 3 is 2.75 bits per heavy atom. The van der Waals surface area contributed by atoms with Crippen molar-refractivity contribution in [2.24, 2.45) is 17.0 Å². The van der Waals surface area contributed by atoms with Gasteiger partial charge in [-0.15, -0.1) is 0 Å². The number of hydrogen-bond acceptors (Lipinski definition) is 3. The van der Waals surface area contributed by atoms with Gasteiger partial charge in [-0.25, -0.2) is 0 Å². The van der Waals surface area contributed by atoms with Gasteiger partial charge in [-0.05, 0) is 18.8 Å². The van der Waals surface area contributed by atoms with Crippen molar-refractivity contribution < 1.29 is 5.21 Å². The third kappa shape index (κ3) is 2.57. The van der Waals surface area contributed by atoms with Crippen LogP contribution in [0, 0.1) is 11.8 Å². The van der Waals surface area contributed by atoms with E-state index in [2.05, 4.69) is 23.9 Å². The van der Waals surface area contributed by atoms with E-state index in [-0.39, 0.29) is 0 Å².